The topological polar surface area (TPSA) is 81.1 Å². The molecule has 8 heteroatoms. The summed E-state index contributed by atoms with van der Waals surface area (Å²) in [5.74, 6) is 1.14. The number of pyridine rings is 1. The van der Waals surface area contributed by atoms with Gasteiger partial charge in [0, 0.05) is 6.20 Å². The summed E-state index contributed by atoms with van der Waals surface area (Å²) in [7, 11) is 1.61. The van der Waals surface area contributed by atoms with Crippen LogP contribution < -0.4 is 15.4 Å². The predicted octanol–water partition coefficient (Wildman–Crippen LogP) is 4.19. The maximum atomic E-state index is 13.3. The first-order chi connectivity index (χ1) is 15.5. The summed E-state index contributed by atoms with van der Waals surface area (Å²) in [5.41, 5.74) is 3.32. The van der Waals surface area contributed by atoms with E-state index in [1.165, 1.54) is 12.1 Å². The molecule has 4 aromatic rings. The third kappa shape index (κ3) is 4.85. The molecule has 1 atom stereocenters. The van der Waals surface area contributed by atoms with Gasteiger partial charge in [-0.1, -0.05) is 24.3 Å². The third-order valence-electron chi connectivity index (χ3n) is 5.21. The highest BCUT2D eigenvalue weighted by atomic mass is 19.1. The van der Waals surface area contributed by atoms with Crippen LogP contribution in [-0.2, 0) is 13.1 Å². The maximum Gasteiger partial charge on any atom is 0.315 e. The van der Waals surface area contributed by atoms with Crippen LogP contribution in [0.15, 0.2) is 66.9 Å². The number of ether oxygens (including phenoxy) is 1. The molecule has 2 heterocycles. The lowest BCUT2D eigenvalue weighted by Gasteiger charge is -2.16. The summed E-state index contributed by atoms with van der Waals surface area (Å²) in [6.45, 7) is 2.60. The molecule has 164 valence electrons. The summed E-state index contributed by atoms with van der Waals surface area (Å²) in [4.78, 5) is 21.6. The van der Waals surface area contributed by atoms with Crippen molar-refractivity contribution in [2.24, 2.45) is 0 Å². The lowest BCUT2D eigenvalue weighted by molar-refractivity contribution is 0.237. The SMILES string of the molecule is COc1ccc(C(C)NC(=O)NCc2nc3cccnc3n2Cc2ccc(F)cc2)cc1. The van der Waals surface area contributed by atoms with Crippen LogP contribution >= 0.6 is 0 Å². The van der Waals surface area contributed by atoms with Crippen LogP contribution in [0.3, 0.4) is 0 Å². The number of rotatable bonds is 7. The molecule has 0 aliphatic heterocycles. The fourth-order valence-corrected chi connectivity index (χ4v) is 3.46. The van der Waals surface area contributed by atoms with Crippen molar-refractivity contribution in [1.29, 1.82) is 0 Å². The van der Waals surface area contributed by atoms with Crippen LogP contribution in [0.25, 0.3) is 11.2 Å². The number of halogens is 1. The minimum absolute atomic E-state index is 0.180. The number of hydrogen-bond acceptors (Lipinski definition) is 4. The molecule has 0 aliphatic rings. The van der Waals surface area contributed by atoms with Crippen molar-refractivity contribution in [2.75, 3.05) is 7.11 Å². The largest absolute Gasteiger partial charge is 0.497 e. The third-order valence-corrected chi connectivity index (χ3v) is 5.21. The lowest BCUT2D eigenvalue weighted by Crippen LogP contribution is -2.37. The van der Waals surface area contributed by atoms with Crippen molar-refractivity contribution in [3.8, 4) is 5.75 Å². The molecule has 2 amide bonds. The Morgan fingerprint density at radius 1 is 1.12 bits per heavy atom. The molecule has 2 aromatic carbocycles. The van der Waals surface area contributed by atoms with Crippen LogP contribution in [0.1, 0.15) is 29.9 Å². The van der Waals surface area contributed by atoms with E-state index in [9.17, 15) is 9.18 Å². The standard InChI is InChI=1S/C24H24FN5O2/c1-16(18-7-11-20(32-2)12-8-18)28-24(31)27-14-22-29-21-4-3-13-26-23(21)30(22)15-17-5-9-19(25)10-6-17/h3-13,16H,14-15H2,1-2H3,(H2,27,28,31). The van der Waals surface area contributed by atoms with Crippen molar-refractivity contribution in [2.45, 2.75) is 26.1 Å². The number of benzene rings is 2. The Balaban J connectivity index is 1.46. The molecule has 1 unspecified atom stereocenters. The minimum atomic E-state index is -0.304. The van der Waals surface area contributed by atoms with Crippen molar-refractivity contribution in [3.05, 3.63) is 89.6 Å². The number of hydrogen-bond donors (Lipinski definition) is 2. The van der Waals surface area contributed by atoms with E-state index in [2.05, 4.69) is 20.6 Å². The first kappa shape index (κ1) is 21.3. The van der Waals surface area contributed by atoms with Crippen molar-refractivity contribution in [3.63, 3.8) is 0 Å². The second kappa shape index (κ2) is 9.47. The minimum Gasteiger partial charge on any atom is -0.497 e. The molecule has 0 bridgehead atoms. The van der Waals surface area contributed by atoms with Gasteiger partial charge in [-0.15, -0.1) is 0 Å². The van der Waals surface area contributed by atoms with Gasteiger partial charge >= 0.3 is 6.03 Å². The number of nitrogens with one attached hydrogen (secondary N) is 2. The molecule has 0 saturated heterocycles. The van der Waals surface area contributed by atoms with Crippen LogP contribution in [0.2, 0.25) is 0 Å². The molecule has 0 aliphatic carbocycles. The van der Waals surface area contributed by atoms with Gasteiger partial charge in [0.05, 0.1) is 26.2 Å². The van der Waals surface area contributed by atoms with Gasteiger partial charge in [-0.3, -0.25) is 0 Å². The zero-order chi connectivity index (χ0) is 22.5. The van der Waals surface area contributed by atoms with E-state index in [0.29, 0.717) is 18.0 Å². The van der Waals surface area contributed by atoms with E-state index in [4.69, 9.17) is 4.74 Å². The van der Waals surface area contributed by atoms with E-state index in [1.807, 2.05) is 47.9 Å². The molecular weight excluding hydrogens is 409 g/mol. The number of methoxy groups -OCH3 is 1. The Bertz CT molecular complexity index is 1210. The molecule has 32 heavy (non-hydrogen) atoms. The van der Waals surface area contributed by atoms with Crippen LogP contribution in [0.4, 0.5) is 9.18 Å². The summed E-state index contributed by atoms with van der Waals surface area (Å²) in [5, 5.41) is 5.80. The van der Waals surface area contributed by atoms with Gasteiger partial charge in [0.2, 0.25) is 0 Å². The molecular formula is C24H24FN5O2. The van der Waals surface area contributed by atoms with Crippen LogP contribution in [0.5, 0.6) is 5.75 Å². The molecule has 0 fully saturated rings. The number of carbonyl (C=O) groups excluding carboxylic acids is 1. The number of amides is 2. The van der Waals surface area contributed by atoms with Gasteiger partial charge in [-0.2, -0.15) is 0 Å². The number of nitrogens with zero attached hydrogens (tertiary/aromatic N) is 3. The average Bonchev–Trinajstić information content (AvgIpc) is 3.16. The zero-order valence-electron chi connectivity index (χ0n) is 17.9. The van der Waals surface area contributed by atoms with Gasteiger partial charge in [0.1, 0.15) is 22.9 Å². The highest BCUT2D eigenvalue weighted by Crippen LogP contribution is 2.18. The Morgan fingerprint density at radius 3 is 2.59 bits per heavy atom. The number of urea groups is 1. The number of imidazole rings is 1. The van der Waals surface area contributed by atoms with E-state index in [-0.39, 0.29) is 24.4 Å². The number of aromatic nitrogens is 3. The smallest absolute Gasteiger partial charge is 0.315 e. The molecule has 0 radical (unpaired) electrons. The predicted molar refractivity (Wildman–Crippen MR) is 120 cm³/mol. The van der Waals surface area contributed by atoms with E-state index in [1.54, 1.807) is 25.4 Å². The molecule has 0 spiro atoms. The maximum absolute atomic E-state index is 13.3. The molecule has 2 N–H and O–H groups in total. The van der Waals surface area contributed by atoms with E-state index in [0.717, 1.165) is 22.4 Å². The quantitative estimate of drug-likeness (QED) is 0.458. The monoisotopic (exact) mass is 433 g/mol. The van der Waals surface area contributed by atoms with E-state index < -0.39 is 0 Å². The second-order valence-electron chi connectivity index (χ2n) is 7.41. The van der Waals surface area contributed by atoms with Gasteiger partial charge in [0.15, 0.2) is 5.65 Å². The Kier molecular flexibility index (Phi) is 6.30. The summed E-state index contributed by atoms with van der Waals surface area (Å²) in [6.07, 6.45) is 1.70. The van der Waals surface area contributed by atoms with Crippen LogP contribution in [-0.4, -0.2) is 27.7 Å². The van der Waals surface area contributed by atoms with Crippen molar-refractivity contribution < 1.29 is 13.9 Å². The fourth-order valence-electron chi connectivity index (χ4n) is 3.46. The molecule has 2 aromatic heterocycles. The first-order valence-corrected chi connectivity index (χ1v) is 10.3. The van der Waals surface area contributed by atoms with Gasteiger partial charge in [-0.25, -0.2) is 19.2 Å². The Hall–Kier alpha value is -3.94. The zero-order valence-corrected chi connectivity index (χ0v) is 17.9. The summed E-state index contributed by atoms with van der Waals surface area (Å²) < 4.78 is 20.4. The number of carbonyl (C=O) groups is 1. The molecule has 4 rings (SSSR count). The normalized spacial score (nSPS) is 11.8. The summed E-state index contributed by atoms with van der Waals surface area (Å²) >= 11 is 0. The summed E-state index contributed by atoms with van der Waals surface area (Å²) in [6, 6.07) is 17.1. The highest BCUT2D eigenvalue weighted by Gasteiger charge is 2.14. The average molecular weight is 433 g/mol. The highest BCUT2D eigenvalue weighted by molar-refractivity contribution is 5.75. The molecule has 0 saturated carbocycles. The van der Waals surface area contributed by atoms with Gasteiger partial charge < -0.3 is 19.9 Å². The van der Waals surface area contributed by atoms with Crippen molar-refractivity contribution >= 4 is 17.2 Å². The molecule has 7 nitrogen and oxygen atoms in total. The second-order valence-corrected chi connectivity index (χ2v) is 7.41. The fraction of sp³-hybridized carbons (Fsp3) is 0.208. The lowest BCUT2D eigenvalue weighted by atomic mass is 10.1. The van der Waals surface area contributed by atoms with Gasteiger partial charge in [-0.05, 0) is 54.4 Å². The van der Waals surface area contributed by atoms with Crippen LogP contribution in [0, 0.1) is 5.82 Å². The number of fused-ring (bicyclic) bond motifs is 1. The van der Waals surface area contributed by atoms with Crippen molar-refractivity contribution in [1.82, 2.24) is 25.2 Å². The first-order valence-electron chi connectivity index (χ1n) is 10.3. The Morgan fingerprint density at radius 2 is 1.88 bits per heavy atom. The van der Waals surface area contributed by atoms with E-state index >= 15 is 0 Å². The van der Waals surface area contributed by atoms with Gasteiger partial charge in [0.25, 0.3) is 0 Å². The Labute approximate surface area is 185 Å².